The van der Waals surface area contributed by atoms with E-state index in [9.17, 15) is 28.8 Å². The van der Waals surface area contributed by atoms with E-state index in [0.29, 0.717) is 34.3 Å². The number of hydrogen-bond donors (Lipinski definition) is 4. The Bertz CT molecular complexity index is 2030. The van der Waals surface area contributed by atoms with Crippen molar-refractivity contribution in [3.8, 4) is 0 Å². The molecule has 0 spiro atoms. The predicted octanol–water partition coefficient (Wildman–Crippen LogP) is 5.74. The van der Waals surface area contributed by atoms with Crippen LogP contribution in [0.15, 0.2) is 84.9 Å². The van der Waals surface area contributed by atoms with Crippen molar-refractivity contribution < 1.29 is 65.3 Å². The van der Waals surface area contributed by atoms with Crippen LogP contribution in [0.25, 0.3) is 0 Å². The molecule has 0 radical (unpaired) electrons. The number of halogens is 6. The molecule has 18 heteroatoms. The fourth-order valence-electron chi connectivity index (χ4n) is 5.77. The number of carboxylic acid groups (broad SMARTS) is 2. The van der Waals surface area contributed by atoms with Crippen molar-refractivity contribution in [3.05, 3.63) is 129 Å². The summed E-state index contributed by atoms with van der Waals surface area (Å²) >= 11 is 0. The first kappa shape index (κ1) is 34.2. The van der Waals surface area contributed by atoms with Gasteiger partial charge in [0.25, 0.3) is 23.6 Å². The van der Waals surface area contributed by atoms with Crippen LogP contribution in [0.2, 0.25) is 0 Å². The summed E-state index contributed by atoms with van der Waals surface area (Å²) in [7, 11) is 0. The summed E-state index contributed by atoms with van der Waals surface area (Å²) in [5, 5.41) is 18.8. The number of nitrogens with zero attached hydrogens (tertiary/aromatic N) is 2. The molecule has 0 bridgehead atoms. The zero-order chi connectivity index (χ0) is 37.2. The van der Waals surface area contributed by atoms with Crippen LogP contribution in [-0.4, -0.2) is 68.2 Å². The van der Waals surface area contributed by atoms with Gasteiger partial charge in [0.05, 0.1) is 44.8 Å². The van der Waals surface area contributed by atoms with Crippen LogP contribution < -0.4 is 10.9 Å². The molecule has 0 atom stereocenters. The van der Waals surface area contributed by atoms with Crippen LogP contribution in [0, 0.1) is 0 Å². The molecule has 51 heavy (non-hydrogen) atoms. The zero-order valence-electron chi connectivity index (χ0n) is 25.1. The summed E-state index contributed by atoms with van der Waals surface area (Å²) in [6.07, 6.45) is -12.4. The monoisotopic (exact) mass is 712 g/mol. The van der Waals surface area contributed by atoms with Crippen LogP contribution in [0.4, 0.5) is 37.7 Å². The van der Waals surface area contributed by atoms with Crippen molar-refractivity contribution in [1.29, 1.82) is 0 Å². The fourth-order valence-corrected chi connectivity index (χ4v) is 5.77. The van der Waals surface area contributed by atoms with Crippen molar-refractivity contribution in [2.45, 2.75) is 17.8 Å². The van der Waals surface area contributed by atoms with Crippen LogP contribution in [-0.2, 0) is 5.41 Å². The third kappa shape index (κ3) is 5.36. The second-order valence-corrected chi connectivity index (χ2v) is 11.1. The number of hydrazine groups is 2. The van der Waals surface area contributed by atoms with Gasteiger partial charge in [-0.05, 0) is 83.9 Å². The number of aromatic carboxylic acids is 2. The van der Waals surface area contributed by atoms with Crippen LogP contribution in [0.5, 0.6) is 0 Å². The first-order valence-electron chi connectivity index (χ1n) is 14.3. The number of alkyl halides is 6. The highest BCUT2D eigenvalue weighted by atomic mass is 19.4. The Hall–Kier alpha value is -6.72. The molecule has 6 rings (SSSR count). The molecule has 260 valence electrons. The number of carboxylic acids is 2. The van der Waals surface area contributed by atoms with Crippen molar-refractivity contribution in [3.63, 3.8) is 0 Å². The lowest BCUT2D eigenvalue weighted by Gasteiger charge is -2.38. The van der Waals surface area contributed by atoms with Gasteiger partial charge in [0.2, 0.25) is 5.41 Å². The van der Waals surface area contributed by atoms with Gasteiger partial charge >= 0.3 is 24.3 Å². The average Bonchev–Trinajstić information content (AvgIpc) is 3.43. The van der Waals surface area contributed by atoms with E-state index in [0.717, 1.165) is 24.3 Å². The molecule has 2 aliphatic heterocycles. The van der Waals surface area contributed by atoms with E-state index in [2.05, 4.69) is 10.9 Å². The van der Waals surface area contributed by atoms with E-state index in [1.807, 2.05) is 0 Å². The van der Waals surface area contributed by atoms with E-state index >= 15 is 26.3 Å². The van der Waals surface area contributed by atoms with Gasteiger partial charge in [-0.2, -0.15) is 36.4 Å². The predicted molar refractivity (Wildman–Crippen MR) is 161 cm³/mol. The van der Waals surface area contributed by atoms with Gasteiger partial charge in [-0.1, -0.05) is 12.1 Å². The average molecular weight is 713 g/mol. The van der Waals surface area contributed by atoms with E-state index < -0.39 is 86.7 Å². The van der Waals surface area contributed by atoms with Crippen molar-refractivity contribution in [2.24, 2.45) is 0 Å². The number of rotatable bonds is 8. The first-order chi connectivity index (χ1) is 23.9. The number of nitrogens with one attached hydrogen (secondary N) is 2. The molecule has 12 nitrogen and oxygen atoms in total. The molecule has 4 aromatic rings. The van der Waals surface area contributed by atoms with Gasteiger partial charge in [-0.3, -0.25) is 30.0 Å². The van der Waals surface area contributed by atoms with Crippen LogP contribution >= 0.6 is 0 Å². The Morgan fingerprint density at radius 3 is 1.10 bits per heavy atom. The van der Waals surface area contributed by atoms with Gasteiger partial charge in [-0.15, -0.1) is 0 Å². The molecule has 4 N–H and O–H groups in total. The summed E-state index contributed by atoms with van der Waals surface area (Å²) < 4.78 is 90.3. The highest BCUT2D eigenvalue weighted by Crippen LogP contribution is 2.57. The summed E-state index contributed by atoms with van der Waals surface area (Å²) in [6.45, 7) is 0. The van der Waals surface area contributed by atoms with Crippen LogP contribution in [0.1, 0.15) is 73.3 Å². The fraction of sp³-hybridized carbons (Fsp3) is 0.0909. The summed E-state index contributed by atoms with van der Waals surface area (Å²) in [4.78, 5) is 74.7. The lowest BCUT2D eigenvalue weighted by molar-refractivity contribution is -0.288. The number of carbonyl (C=O) groups is 6. The minimum absolute atomic E-state index is 0.00664. The van der Waals surface area contributed by atoms with Crippen molar-refractivity contribution in [1.82, 2.24) is 10.0 Å². The first-order valence-corrected chi connectivity index (χ1v) is 14.3. The van der Waals surface area contributed by atoms with Gasteiger partial charge in [0.15, 0.2) is 0 Å². The number of hydrogen-bond acceptors (Lipinski definition) is 8. The summed E-state index contributed by atoms with van der Waals surface area (Å²) in [5.74, 6) is -7.45. The third-order valence-corrected chi connectivity index (χ3v) is 8.24. The Morgan fingerprint density at radius 2 is 0.804 bits per heavy atom. The molecular weight excluding hydrogens is 694 g/mol. The second-order valence-electron chi connectivity index (χ2n) is 11.1. The molecule has 0 saturated carbocycles. The molecule has 0 saturated heterocycles. The largest absolute Gasteiger partial charge is 0.478 e. The summed E-state index contributed by atoms with van der Waals surface area (Å²) in [6, 6.07) is 11.7. The number of benzene rings is 4. The van der Waals surface area contributed by atoms with Gasteiger partial charge in [0.1, 0.15) is 0 Å². The van der Waals surface area contributed by atoms with Gasteiger partial charge in [0, 0.05) is 0 Å². The SMILES string of the molecule is O=C(O)c1ccc(NN2C(=O)c3ccc(C(c4ccc5c(c4)C(=O)N(Nc4ccc(C(=O)O)cc4)C5=O)(C(F)(F)F)C(F)(F)F)cc3C2=O)cc1. The number of amides is 4. The normalized spacial score (nSPS) is 14.5. The minimum atomic E-state index is -6.18. The lowest BCUT2D eigenvalue weighted by Crippen LogP contribution is -2.55. The van der Waals surface area contributed by atoms with Crippen molar-refractivity contribution >= 4 is 46.9 Å². The third-order valence-electron chi connectivity index (χ3n) is 8.24. The molecule has 0 aromatic heterocycles. The number of carbonyl (C=O) groups excluding carboxylic acids is 4. The molecule has 4 aromatic carbocycles. The maximum absolute atomic E-state index is 15.0. The summed E-state index contributed by atoms with van der Waals surface area (Å²) in [5.41, 5.74) is -6.26. The molecule has 2 aliphatic rings. The maximum atomic E-state index is 15.0. The Morgan fingerprint density at radius 1 is 0.490 bits per heavy atom. The van der Waals surface area contributed by atoms with E-state index in [4.69, 9.17) is 10.2 Å². The number of imide groups is 2. The lowest BCUT2D eigenvalue weighted by atomic mass is 9.71. The Kier molecular flexibility index (Phi) is 7.84. The molecular formula is C33H18F6N4O8. The second kappa shape index (κ2) is 11.7. The number of fused-ring (bicyclic) bond motifs is 2. The highest BCUT2D eigenvalue weighted by Gasteiger charge is 2.73. The van der Waals surface area contributed by atoms with Crippen molar-refractivity contribution in [2.75, 3.05) is 10.9 Å². The quantitative estimate of drug-likeness (QED) is 0.130. The topological polar surface area (TPSA) is 173 Å². The molecule has 0 aliphatic carbocycles. The van der Waals surface area contributed by atoms with E-state index in [1.54, 1.807) is 0 Å². The number of anilines is 2. The zero-order valence-corrected chi connectivity index (χ0v) is 25.1. The smallest absolute Gasteiger partial charge is 0.411 e. The maximum Gasteiger partial charge on any atom is 0.411 e. The minimum Gasteiger partial charge on any atom is -0.478 e. The Balaban J connectivity index is 1.39. The van der Waals surface area contributed by atoms with Gasteiger partial charge < -0.3 is 10.2 Å². The molecule has 2 heterocycles. The molecule has 0 fully saturated rings. The molecule has 0 unspecified atom stereocenters. The molecule has 4 amide bonds. The standard InChI is InChI=1S/C33H18F6N4O8/c34-32(35,36)31(33(37,38)39,17-5-11-21-23(13-17)27(46)42(25(21)44)40-19-7-1-15(2-8-19)29(48)49)18-6-12-22-24(14-18)28(47)43(26(22)45)41-20-9-3-16(4-10-20)30(50)51/h1-14,40-41H,(H,48,49)(H,50,51). The van der Waals surface area contributed by atoms with Gasteiger partial charge in [-0.25, -0.2) is 9.59 Å². The Labute approximate surface area is 280 Å². The highest BCUT2D eigenvalue weighted by molar-refractivity contribution is 6.23. The van der Waals surface area contributed by atoms with Crippen LogP contribution in [0.3, 0.4) is 0 Å². The van der Waals surface area contributed by atoms with E-state index in [1.165, 1.54) is 24.3 Å². The van der Waals surface area contributed by atoms with E-state index in [-0.39, 0.29) is 34.6 Å².